The van der Waals surface area contributed by atoms with Gasteiger partial charge in [-0.2, -0.15) is 0 Å². The van der Waals surface area contributed by atoms with E-state index in [1.165, 1.54) is 5.56 Å². The van der Waals surface area contributed by atoms with Gasteiger partial charge in [-0.3, -0.25) is 0 Å². The molecule has 3 rings (SSSR count). The van der Waals surface area contributed by atoms with E-state index in [-0.39, 0.29) is 6.61 Å². The van der Waals surface area contributed by atoms with Gasteiger partial charge in [0, 0.05) is 16.8 Å². The second-order valence-electron chi connectivity index (χ2n) is 4.57. The minimum absolute atomic E-state index is 0.0506. The van der Waals surface area contributed by atoms with E-state index in [1.54, 1.807) is 11.8 Å². The number of rotatable bonds is 5. The van der Waals surface area contributed by atoms with Gasteiger partial charge in [-0.05, 0) is 30.5 Å². The fourth-order valence-corrected chi connectivity index (χ4v) is 3.05. The molecule has 2 aromatic rings. The lowest BCUT2D eigenvalue weighted by molar-refractivity contribution is 0.263. The minimum atomic E-state index is -0.0506. The monoisotopic (exact) mass is 295 g/mol. The van der Waals surface area contributed by atoms with Gasteiger partial charge in [0.25, 0.3) is 0 Å². The van der Waals surface area contributed by atoms with Crippen LogP contribution in [0.25, 0.3) is 0 Å². The van der Waals surface area contributed by atoms with E-state index in [1.807, 2.05) is 24.3 Å². The number of aliphatic hydroxyl groups is 1. The molecule has 1 aromatic carbocycles. The quantitative estimate of drug-likeness (QED) is 0.862. The third kappa shape index (κ3) is 2.94. The van der Waals surface area contributed by atoms with E-state index >= 15 is 0 Å². The molecular formula is C13H14ClN3OS. The van der Waals surface area contributed by atoms with Crippen molar-refractivity contribution in [2.75, 3.05) is 0 Å². The maximum absolute atomic E-state index is 9.28. The lowest BCUT2D eigenvalue weighted by Gasteiger charge is -2.07. The molecule has 1 aromatic heterocycles. The first-order valence-electron chi connectivity index (χ1n) is 6.20. The summed E-state index contributed by atoms with van der Waals surface area (Å²) in [5.41, 5.74) is 1.20. The smallest absolute Gasteiger partial charge is 0.191 e. The van der Waals surface area contributed by atoms with Gasteiger partial charge in [0.05, 0.1) is 0 Å². The molecule has 4 nitrogen and oxygen atoms in total. The predicted molar refractivity (Wildman–Crippen MR) is 75.2 cm³/mol. The van der Waals surface area contributed by atoms with Crippen LogP contribution >= 0.6 is 23.4 Å². The van der Waals surface area contributed by atoms with Crippen LogP contribution in [0.5, 0.6) is 0 Å². The molecule has 0 saturated heterocycles. The zero-order valence-electron chi connectivity index (χ0n) is 10.3. The van der Waals surface area contributed by atoms with Gasteiger partial charge in [0.2, 0.25) is 0 Å². The Kier molecular flexibility index (Phi) is 3.77. The van der Waals surface area contributed by atoms with Crippen molar-refractivity contribution < 1.29 is 5.11 Å². The summed E-state index contributed by atoms with van der Waals surface area (Å²) in [6.07, 6.45) is 2.30. The third-order valence-corrected chi connectivity index (χ3v) is 4.34. The lowest BCUT2D eigenvalue weighted by atomic mass is 10.2. The molecule has 100 valence electrons. The number of nitrogens with zero attached hydrogens (tertiary/aromatic N) is 3. The molecule has 0 atom stereocenters. The molecule has 1 saturated carbocycles. The Morgan fingerprint density at radius 2 is 2.00 bits per heavy atom. The average Bonchev–Trinajstić information content (AvgIpc) is 3.18. The van der Waals surface area contributed by atoms with Gasteiger partial charge >= 0.3 is 0 Å². The first-order chi connectivity index (χ1) is 9.28. The molecule has 0 radical (unpaired) electrons. The summed E-state index contributed by atoms with van der Waals surface area (Å²) in [5, 5.41) is 19.1. The molecule has 1 fully saturated rings. The summed E-state index contributed by atoms with van der Waals surface area (Å²) in [4.78, 5) is 0. The maximum atomic E-state index is 9.28. The van der Waals surface area contributed by atoms with Crippen LogP contribution in [-0.4, -0.2) is 19.9 Å². The van der Waals surface area contributed by atoms with Crippen LogP contribution in [0.1, 0.15) is 30.3 Å². The van der Waals surface area contributed by atoms with E-state index in [0.717, 1.165) is 28.8 Å². The zero-order chi connectivity index (χ0) is 13.2. The van der Waals surface area contributed by atoms with Crippen molar-refractivity contribution in [3.8, 4) is 0 Å². The van der Waals surface area contributed by atoms with Crippen LogP contribution in [0.4, 0.5) is 0 Å². The Hall–Kier alpha value is -1.04. The fraction of sp³-hybridized carbons (Fsp3) is 0.385. The molecule has 0 bridgehead atoms. The molecule has 0 unspecified atom stereocenters. The number of hydrogen-bond donors (Lipinski definition) is 1. The van der Waals surface area contributed by atoms with Crippen molar-refractivity contribution in [3.05, 3.63) is 40.7 Å². The second kappa shape index (κ2) is 5.53. The summed E-state index contributed by atoms with van der Waals surface area (Å²) >= 11 is 7.51. The van der Waals surface area contributed by atoms with Crippen LogP contribution in [0.2, 0.25) is 5.02 Å². The number of halogens is 1. The first-order valence-corrected chi connectivity index (χ1v) is 7.56. The predicted octanol–water partition coefficient (Wildman–Crippen LogP) is 3.05. The molecule has 1 aliphatic rings. The molecule has 19 heavy (non-hydrogen) atoms. The fourth-order valence-electron chi connectivity index (χ4n) is 1.94. The van der Waals surface area contributed by atoms with Crippen LogP contribution < -0.4 is 0 Å². The van der Waals surface area contributed by atoms with E-state index in [2.05, 4.69) is 14.8 Å². The summed E-state index contributed by atoms with van der Waals surface area (Å²) in [7, 11) is 0. The maximum Gasteiger partial charge on any atom is 0.191 e. The summed E-state index contributed by atoms with van der Waals surface area (Å²) in [6.45, 7) is -0.0506. The Labute approximate surface area is 120 Å². The molecule has 1 N–H and O–H groups in total. The van der Waals surface area contributed by atoms with Crippen molar-refractivity contribution in [2.45, 2.75) is 36.4 Å². The van der Waals surface area contributed by atoms with Crippen LogP contribution in [0, 0.1) is 0 Å². The molecule has 1 aliphatic carbocycles. The Morgan fingerprint density at radius 3 is 2.63 bits per heavy atom. The zero-order valence-corrected chi connectivity index (χ0v) is 11.9. The van der Waals surface area contributed by atoms with Crippen molar-refractivity contribution in [1.82, 2.24) is 14.8 Å². The van der Waals surface area contributed by atoms with E-state index < -0.39 is 0 Å². The molecule has 0 spiro atoms. The van der Waals surface area contributed by atoms with Gasteiger partial charge in [0.1, 0.15) is 6.61 Å². The van der Waals surface area contributed by atoms with Crippen molar-refractivity contribution in [1.29, 1.82) is 0 Å². The minimum Gasteiger partial charge on any atom is -0.388 e. The highest BCUT2D eigenvalue weighted by Gasteiger charge is 2.29. The number of aliphatic hydroxyl groups excluding tert-OH is 1. The Morgan fingerprint density at radius 1 is 1.26 bits per heavy atom. The average molecular weight is 296 g/mol. The number of hydrogen-bond acceptors (Lipinski definition) is 4. The molecule has 0 amide bonds. The highest BCUT2D eigenvalue weighted by Crippen LogP contribution is 2.39. The molecule has 1 heterocycles. The largest absolute Gasteiger partial charge is 0.388 e. The molecular weight excluding hydrogens is 282 g/mol. The summed E-state index contributed by atoms with van der Waals surface area (Å²) in [5.74, 6) is 1.49. The second-order valence-corrected chi connectivity index (χ2v) is 5.95. The van der Waals surface area contributed by atoms with Gasteiger partial charge in [0.15, 0.2) is 11.0 Å². The molecule has 0 aliphatic heterocycles. The highest BCUT2D eigenvalue weighted by atomic mass is 35.5. The summed E-state index contributed by atoms with van der Waals surface area (Å²) < 4.78 is 2.07. The van der Waals surface area contributed by atoms with E-state index in [4.69, 9.17) is 11.6 Å². The molecule has 6 heteroatoms. The number of benzene rings is 1. The van der Waals surface area contributed by atoms with E-state index in [9.17, 15) is 5.11 Å². The lowest BCUT2D eigenvalue weighted by Crippen LogP contribution is -2.02. The van der Waals surface area contributed by atoms with Gasteiger partial charge in [-0.25, -0.2) is 0 Å². The van der Waals surface area contributed by atoms with Crippen molar-refractivity contribution >= 4 is 23.4 Å². The standard InChI is InChI=1S/C13H14ClN3OS/c14-10-3-1-9(2-4-10)8-19-13-16-15-12(7-18)17(13)11-5-6-11/h1-4,11,18H,5-8H2. The SMILES string of the molecule is OCc1nnc(SCc2ccc(Cl)cc2)n1C1CC1. The number of thioether (sulfide) groups is 1. The topological polar surface area (TPSA) is 50.9 Å². The highest BCUT2D eigenvalue weighted by molar-refractivity contribution is 7.98. The normalized spacial score (nSPS) is 14.8. The van der Waals surface area contributed by atoms with Crippen LogP contribution in [0.15, 0.2) is 29.4 Å². The Bertz CT molecular complexity index is 566. The van der Waals surface area contributed by atoms with E-state index in [0.29, 0.717) is 11.9 Å². The van der Waals surface area contributed by atoms with Gasteiger partial charge in [-0.15, -0.1) is 10.2 Å². The van der Waals surface area contributed by atoms with Crippen LogP contribution in [-0.2, 0) is 12.4 Å². The third-order valence-electron chi connectivity index (χ3n) is 3.07. The van der Waals surface area contributed by atoms with Gasteiger partial charge < -0.3 is 9.67 Å². The van der Waals surface area contributed by atoms with Crippen LogP contribution in [0.3, 0.4) is 0 Å². The van der Waals surface area contributed by atoms with Crippen molar-refractivity contribution in [3.63, 3.8) is 0 Å². The number of aromatic nitrogens is 3. The van der Waals surface area contributed by atoms with Crippen molar-refractivity contribution in [2.24, 2.45) is 0 Å². The Balaban J connectivity index is 1.73. The van der Waals surface area contributed by atoms with Gasteiger partial charge in [-0.1, -0.05) is 35.5 Å². The summed E-state index contributed by atoms with van der Waals surface area (Å²) in [6, 6.07) is 8.29. The first kappa shape index (κ1) is 13.0.